The number of phenols is 1. The summed E-state index contributed by atoms with van der Waals surface area (Å²) >= 11 is 5.42. The molecule has 0 radical (unpaired) electrons. The van der Waals surface area contributed by atoms with Crippen molar-refractivity contribution in [1.82, 2.24) is 0 Å². The van der Waals surface area contributed by atoms with Gasteiger partial charge in [-0.3, -0.25) is 4.79 Å². The van der Waals surface area contributed by atoms with Crippen molar-refractivity contribution in [2.75, 3.05) is 0 Å². The zero-order chi connectivity index (χ0) is 13.4. The number of halogens is 4. The molecule has 0 saturated heterocycles. The van der Waals surface area contributed by atoms with Crippen LogP contribution in [0, 0.1) is 0 Å². The van der Waals surface area contributed by atoms with E-state index in [4.69, 9.17) is 27.5 Å². The van der Waals surface area contributed by atoms with Crippen LogP contribution >= 0.6 is 11.6 Å². The Balaban J connectivity index is 3.46. The quantitative estimate of drug-likeness (QED) is 0.768. The second-order valence-electron chi connectivity index (χ2n) is 3.20. The maximum absolute atomic E-state index is 12.6. The number of nitrogens with two attached hydrogens (primary N) is 1. The maximum atomic E-state index is 12.6. The summed E-state index contributed by atoms with van der Waals surface area (Å²) in [7, 11) is 0. The van der Waals surface area contributed by atoms with Gasteiger partial charge in [-0.1, -0.05) is 11.6 Å². The Morgan fingerprint density at radius 1 is 1.41 bits per heavy atom. The van der Waals surface area contributed by atoms with Crippen LogP contribution in [0.1, 0.15) is 17.2 Å². The maximum Gasteiger partial charge on any atom is 0.416 e. The first-order valence-electron chi connectivity index (χ1n) is 4.22. The Hall–Kier alpha value is -1.47. The molecule has 1 aromatic carbocycles. The van der Waals surface area contributed by atoms with Crippen LogP contribution in [0.4, 0.5) is 13.2 Å². The van der Waals surface area contributed by atoms with Crippen molar-refractivity contribution in [1.29, 1.82) is 0 Å². The molecular weight excluding hydrogens is 263 g/mol. The van der Waals surface area contributed by atoms with Crippen LogP contribution in [0.15, 0.2) is 12.1 Å². The van der Waals surface area contributed by atoms with Gasteiger partial charge in [0.25, 0.3) is 0 Å². The van der Waals surface area contributed by atoms with Gasteiger partial charge >= 0.3 is 12.1 Å². The second kappa shape index (κ2) is 4.42. The average Bonchev–Trinajstić information content (AvgIpc) is 2.18. The van der Waals surface area contributed by atoms with Crippen LogP contribution in [0.2, 0.25) is 5.02 Å². The molecule has 1 atom stereocenters. The van der Waals surface area contributed by atoms with E-state index in [-0.39, 0.29) is 0 Å². The Kier molecular flexibility index (Phi) is 3.53. The average molecular weight is 270 g/mol. The molecule has 1 unspecified atom stereocenters. The third kappa shape index (κ3) is 2.80. The molecule has 17 heavy (non-hydrogen) atoms. The number of hydrogen-bond donors (Lipinski definition) is 3. The minimum absolute atomic E-state index is 0.348. The highest BCUT2D eigenvalue weighted by Crippen LogP contribution is 2.39. The SMILES string of the molecule is NC(C(=O)O)c1cc(Cl)c(O)cc1C(F)(F)F. The number of aromatic hydroxyl groups is 1. The fourth-order valence-electron chi connectivity index (χ4n) is 1.21. The van der Waals surface area contributed by atoms with Crippen molar-refractivity contribution in [2.24, 2.45) is 5.73 Å². The van der Waals surface area contributed by atoms with Gasteiger partial charge in [0.15, 0.2) is 0 Å². The van der Waals surface area contributed by atoms with E-state index in [0.717, 1.165) is 0 Å². The van der Waals surface area contributed by atoms with E-state index in [0.29, 0.717) is 12.1 Å². The number of carboxylic acid groups (broad SMARTS) is 1. The summed E-state index contributed by atoms with van der Waals surface area (Å²) in [5.74, 6) is -2.42. The number of phenolic OH excluding ortho intramolecular Hbond substituents is 1. The topological polar surface area (TPSA) is 83.6 Å². The van der Waals surface area contributed by atoms with Crippen LogP contribution in [0.3, 0.4) is 0 Å². The van der Waals surface area contributed by atoms with E-state index in [1.54, 1.807) is 0 Å². The summed E-state index contributed by atoms with van der Waals surface area (Å²) in [6.45, 7) is 0. The number of benzene rings is 1. The standard InChI is InChI=1S/C9H7ClF3NO3/c10-5-1-3(7(14)8(16)17)4(2-6(5)15)9(11,12)13/h1-2,7,15H,14H2,(H,16,17). The highest BCUT2D eigenvalue weighted by molar-refractivity contribution is 6.32. The monoisotopic (exact) mass is 269 g/mol. The van der Waals surface area contributed by atoms with Crippen LogP contribution in [-0.2, 0) is 11.0 Å². The van der Waals surface area contributed by atoms with Crippen LogP contribution in [-0.4, -0.2) is 16.2 Å². The van der Waals surface area contributed by atoms with Crippen molar-refractivity contribution in [3.05, 3.63) is 28.3 Å². The molecule has 0 aliphatic carbocycles. The fraction of sp³-hybridized carbons (Fsp3) is 0.222. The fourth-order valence-corrected chi connectivity index (χ4v) is 1.39. The normalized spacial score (nSPS) is 13.5. The molecule has 0 bridgehead atoms. The lowest BCUT2D eigenvalue weighted by molar-refractivity contribution is -0.141. The van der Waals surface area contributed by atoms with Crippen molar-refractivity contribution in [3.63, 3.8) is 0 Å². The molecule has 4 nitrogen and oxygen atoms in total. The molecule has 0 fully saturated rings. The third-order valence-electron chi connectivity index (χ3n) is 2.03. The molecule has 1 aromatic rings. The molecule has 0 spiro atoms. The van der Waals surface area contributed by atoms with Gasteiger partial charge in [0.05, 0.1) is 10.6 Å². The summed E-state index contributed by atoms with van der Waals surface area (Å²) in [6.07, 6.45) is -4.83. The Labute approximate surface area is 98.4 Å². The molecule has 0 aromatic heterocycles. The van der Waals surface area contributed by atoms with Gasteiger partial charge in [0.1, 0.15) is 11.8 Å². The number of hydrogen-bond acceptors (Lipinski definition) is 3. The zero-order valence-corrected chi connectivity index (χ0v) is 8.88. The highest BCUT2D eigenvalue weighted by atomic mass is 35.5. The number of carboxylic acids is 1. The van der Waals surface area contributed by atoms with E-state index in [1.807, 2.05) is 0 Å². The first-order chi connectivity index (χ1) is 7.64. The van der Waals surface area contributed by atoms with Gasteiger partial charge in [-0.05, 0) is 17.7 Å². The lowest BCUT2D eigenvalue weighted by Crippen LogP contribution is -2.24. The second-order valence-corrected chi connectivity index (χ2v) is 3.61. The molecule has 4 N–H and O–H groups in total. The van der Waals surface area contributed by atoms with E-state index < -0.39 is 40.1 Å². The van der Waals surface area contributed by atoms with E-state index >= 15 is 0 Å². The van der Waals surface area contributed by atoms with Gasteiger partial charge in [-0.2, -0.15) is 13.2 Å². The molecule has 0 amide bonds. The van der Waals surface area contributed by atoms with Gasteiger partial charge in [0, 0.05) is 0 Å². The van der Waals surface area contributed by atoms with Crippen molar-refractivity contribution in [2.45, 2.75) is 12.2 Å². The van der Waals surface area contributed by atoms with Gasteiger partial charge in [-0.15, -0.1) is 0 Å². The van der Waals surface area contributed by atoms with E-state index in [2.05, 4.69) is 0 Å². The lowest BCUT2D eigenvalue weighted by Gasteiger charge is -2.16. The van der Waals surface area contributed by atoms with Crippen LogP contribution < -0.4 is 5.73 Å². The van der Waals surface area contributed by atoms with Crippen LogP contribution in [0.25, 0.3) is 0 Å². The summed E-state index contributed by atoms with van der Waals surface area (Å²) < 4.78 is 37.7. The largest absolute Gasteiger partial charge is 0.506 e. The van der Waals surface area contributed by atoms with Gasteiger partial charge in [0.2, 0.25) is 0 Å². The smallest absolute Gasteiger partial charge is 0.416 e. The van der Waals surface area contributed by atoms with Crippen molar-refractivity contribution < 1.29 is 28.2 Å². The van der Waals surface area contributed by atoms with Crippen molar-refractivity contribution in [3.8, 4) is 5.75 Å². The minimum atomic E-state index is -4.83. The minimum Gasteiger partial charge on any atom is -0.506 e. The molecule has 0 heterocycles. The molecule has 0 saturated carbocycles. The zero-order valence-electron chi connectivity index (χ0n) is 8.12. The summed E-state index contributed by atoms with van der Waals surface area (Å²) in [5.41, 5.74) is 3.09. The summed E-state index contributed by atoms with van der Waals surface area (Å²) in [6, 6.07) is -0.830. The predicted octanol–water partition coefficient (Wildman–Crippen LogP) is 2.15. The number of alkyl halides is 3. The number of carbonyl (C=O) groups is 1. The third-order valence-corrected chi connectivity index (χ3v) is 2.33. The lowest BCUT2D eigenvalue weighted by atomic mass is 10.00. The summed E-state index contributed by atoms with van der Waals surface area (Å²) in [5, 5.41) is 17.3. The van der Waals surface area contributed by atoms with Crippen LogP contribution in [0.5, 0.6) is 5.75 Å². The molecular formula is C9H7ClF3NO3. The van der Waals surface area contributed by atoms with Crippen molar-refractivity contribution >= 4 is 17.6 Å². The molecule has 0 aliphatic heterocycles. The first-order valence-corrected chi connectivity index (χ1v) is 4.60. The molecule has 94 valence electrons. The highest BCUT2D eigenvalue weighted by Gasteiger charge is 2.37. The van der Waals surface area contributed by atoms with Gasteiger partial charge < -0.3 is 15.9 Å². The Morgan fingerprint density at radius 2 is 1.94 bits per heavy atom. The Bertz CT molecular complexity index is 462. The molecule has 8 heteroatoms. The van der Waals surface area contributed by atoms with E-state index in [9.17, 15) is 18.0 Å². The molecule has 1 rings (SSSR count). The predicted molar refractivity (Wildman–Crippen MR) is 52.7 cm³/mol. The molecule has 0 aliphatic rings. The number of aliphatic carboxylic acids is 1. The number of rotatable bonds is 2. The summed E-state index contributed by atoms with van der Waals surface area (Å²) in [4.78, 5) is 10.6. The first kappa shape index (κ1) is 13.6. The van der Waals surface area contributed by atoms with E-state index in [1.165, 1.54) is 0 Å². The Morgan fingerprint density at radius 3 is 2.35 bits per heavy atom. The van der Waals surface area contributed by atoms with Gasteiger partial charge in [-0.25, -0.2) is 0 Å².